The summed E-state index contributed by atoms with van der Waals surface area (Å²) < 4.78 is 25.6. The fourth-order valence-corrected chi connectivity index (χ4v) is 6.39. The molecule has 11 heteroatoms. The van der Waals surface area contributed by atoms with Gasteiger partial charge < -0.3 is 4.90 Å². The van der Waals surface area contributed by atoms with Gasteiger partial charge in [0.05, 0.1) is 29.8 Å². The van der Waals surface area contributed by atoms with E-state index in [1.165, 1.54) is 11.8 Å². The van der Waals surface area contributed by atoms with E-state index in [9.17, 15) is 13.2 Å². The number of nitrogens with zero attached hydrogens (tertiary/aromatic N) is 5. The van der Waals surface area contributed by atoms with E-state index in [1.54, 1.807) is 20.9 Å². The molecule has 152 valence electrons. The summed E-state index contributed by atoms with van der Waals surface area (Å²) in [6.45, 7) is 0.546. The molecule has 0 bridgehead atoms. The highest BCUT2D eigenvalue weighted by atomic mass is 32.2. The van der Waals surface area contributed by atoms with Gasteiger partial charge in [-0.15, -0.1) is 16.4 Å². The van der Waals surface area contributed by atoms with Crippen LogP contribution in [0.15, 0.2) is 53.0 Å². The maximum Gasteiger partial charge on any atom is 0.237 e. The number of carbonyl (C=O) groups excluding carboxylic acids is 1. The minimum atomic E-state index is -3.11. The molecule has 1 atom stereocenters. The van der Waals surface area contributed by atoms with Crippen LogP contribution in [0.25, 0.3) is 0 Å². The quantitative estimate of drug-likeness (QED) is 0.510. The summed E-state index contributed by atoms with van der Waals surface area (Å²) in [4.78, 5) is 15.8. The third-order valence-electron chi connectivity index (χ3n) is 4.59. The van der Waals surface area contributed by atoms with Crippen molar-refractivity contribution in [1.82, 2.24) is 20.2 Å². The molecule has 3 aromatic rings. The second-order valence-corrected chi connectivity index (χ2v) is 10.8. The van der Waals surface area contributed by atoms with E-state index in [2.05, 4.69) is 15.5 Å². The van der Waals surface area contributed by atoms with Gasteiger partial charge in [0.25, 0.3) is 0 Å². The van der Waals surface area contributed by atoms with Crippen LogP contribution in [0.2, 0.25) is 0 Å². The normalized spacial score (nSPS) is 18.0. The van der Waals surface area contributed by atoms with Crippen LogP contribution in [-0.2, 0) is 21.2 Å². The minimum Gasteiger partial charge on any atom is -0.308 e. The van der Waals surface area contributed by atoms with E-state index in [0.29, 0.717) is 23.8 Å². The molecule has 0 N–H and O–H groups in total. The molecule has 1 aliphatic rings. The molecular weight excluding hydrogens is 430 g/mol. The lowest BCUT2D eigenvalue weighted by molar-refractivity contribution is -0.116. The second kappa shape index (κ2) is 8.64. The molecule has 29 heavy (non-hydrogen) atoms. The lowest BCUT2D eigenvalue weighted by atomic mass is 10.2. The summed E-state index contributed by atoms with van der Waals surface area (Å²) in [6, 6.07) is 12.8. The monoisotopic (exact) mass is 449 g/mol. The number of sulfone groups is 1. The number of hydrogen-bond donors (Lipinski definition) is 0. The van der Waals surface area contributed by atoms with Crippen molar-refractivity contribution in [2.45, 2.75) is 24.2 Å². The third-order valence-corrected chi connectivity index (χ3v) is 8.14. The molecule has 1 fully saturated rings. The molecule has 1 amide bonds. The van der Waals surface area contributed by atoms with E-state index < -0.39 is 9.84 Å². The van der Waals surface area contributed by atoms with Crippen molar-refractivity contribution in [3.63, 3.8) is 0 Å². The molecule has 0 radical (unpaired) electrons. The molecule has 1 aromatic carbocycles. The maximum atomic E-state index is 13.1. The third kappa shape index (κ3) is 4.85. The SMILES string of the molecule is O=C(CSc1nnnn1Cc1cccs1)N(c1ccccc1)[C@H]1CCS(=O)(=O)C1. The van der Waals surface area contributed by atoms with E-state index in [0.717, 1.165) is 4.88 Å². The summed E-state index contributed by atoms with van der Waals surface area (Å²) in [7, 11) is -3.11. The van der Waals surface area contributed by atoms with Crippen LogP contribution in [0.5, 0.6) is 0 Å². The number of tetrazole rings is 1. The van der Waals surface area contributed by atoms with Gasteiger partial charge in [0.15, 0.2) is 9.84 Å². The van der Waals surface area contributed by atoms with Crippen molar-refractivity contribution in [3.8, 4) is 0 Å². The first-order valence-corrected chi connectivity index (χ1v) is 12.7. The summed E-state index contributed by atoms with van der Waals surface area (Å²) >= 11 is 2.87. The maximum absolute atomic E-state index is 13.1. The zero-order valence-electron chi connectivity index (χ0n) is 15.4. The standard InChI is InChI=1S/C18H19N5O3S3/c24-17(12-28-18-19-20-21-22(18)11-16-7-4-9-27-16)23(14-5-2-1-3-6-14)15-8-10-29(25,26)13-15/h1-7,9,15H,8,10-13H2/t15-/m0/s1. The molecule has 3 heterocycles. The van der Waals surface area contributed by atoms with Crippen LogP contribution in [0.4, 0.5) is 5.69 Å². The van der Waals surface area contributed by atoms with Crippen LogP contribution in [0.3, 0.4) is 0 Å². The lowest BCUT2D eigenvalue weighted by Crippen LogP contribution is -2.42. The van der Waals surface area contributed by atoms with Crippen LogP contribution >= 0.6 is 23.1 Å². The molecule has 8 nitrogen and oxygen atoms in total. The number of thiophene rings is 1. The van der Waals surface area contributed by atoms with Gasteiger partial charge in [0.2, 0.25) is 11.1 Å². The van der Waals surface area contributed by atoms with E-state index in [1.807, 2.05) is 47.8 Å². The first kappa shape index (κ1) is 20.0. The summed E-state index contributed by atoms with van der Waals surface area (Å²) in [5.74, 6) is 0.0690. The zero-order valence-corrected chi connectivity index (χ0v) is 17.9. The van der Waals surface area contributed by atoms with Crippen molar-refractivity contribution >= 4 is 44.5 Å². The molecule has 0 saturated carbocycles. The first-order valence-electron chi connectivity index (χ1n) is 9.01. The molecular formula is C18H19N5O3S3. The Morgan fingerprint density at radius 2 is 2.07 bits per heavy atom. The van der Waals surface area contributed by atoms with Crippen LogP contribution in [0.1, 0.15) is 11.3 Å². The number of benzene rings is 1. The highest BCUT2D eigenvalue weighted by Crippen LogP contribution is 2.26. The Hall–Kier alpha value is -2.24. The van der Waals surface area contributed by atoms with Crippen molar-refractivity contribution in [2.75, 3.05) is 22.2 Å². The molecule has 0 aliphatic carbocycles. The molecule has 4 rings (SSSR count). The molecule has 0 spiro atoms. The first-order chi connectivity index (χ1) is 14.0. The summed E-state index contributed by atoms with van der Waals surface area (Å²) in [6.07, 6.45) is 0.448. The van der Waals surface area contributed by atoms with Crippen molar-refractivity contribution < 1.29 is 13.2 Å². The van der Waals surface area contributed by atoms with Gasteiger partial charge in [-0.3, -0.25) is 4.79 Å². The van der Waals surface area contributed by atoms with Crippen molar-refractivity contribution in [2.24, 2.45) is 0 Å². The van der Waals surface area contributed by atoms with Gasteiger partial charge in [-0.05, 0) is 40.4 Å². The van der Waals surface area contributed by atoms with Gasteiger partial charge in [0.1, 0.15) is 0 Å². The Balaban J connectivity index is 1.48. The Morgan fingerprint density at radius 1 is 1.24 bits per heavy atom. The molecule has 1 aliphatic heterocycles. The van der Waals surface area contributed by atoms with Gasteiger partial charge in [0, 0.05) is 10.6 Å². The predicted molar refractivity (Wildman–Crippen MR) is 113 cm³/mol. The fraction of sp³-hybridized carbons (Fsp3) is 0.333. The molecule has 2 aromatic heterocycles. The number of amides is 1. The van der Waals surface area contributed by atoms with Crippen LogP contribution in [-0.4, -0.2) is 57.8 Å². The van der Waals surface area contributed by atoms with E-state index in [4.69, 9.17) is 0 Å². The molecule has 0 unspecified atom stereocenters. The smallest absolute Gasteiger partial charge is 0.237 e. The van der Waals surface area contributed by atoms with E-state index in [-0.39, 0.29) is 29.2 Å². The summed E-state index contributed by atoms with van der Waals surface area (Å²) in [5.41, 5.74) is 0.707. The van der Waals surface area contributed by atoms with Gasteiger partial charge >= 0.3 is 0 Å². The zero-order chi connectivity index (χ0) is 20.3. The second-order valence-electron chi connectivity index (χ2n) is 6.64. The predicted octanol–water partition coefficient (Wildman–Crippen LogP) is 2.10. The Morgan fingerprint density at radius 3 is 2.76 bits per heavy atom. The highest BCUT2D eigenvalue weighted by molar-refractivity contribution is 7.99. The Kier molecular flexibility index (Phi) is 5.97. The summed E-state index contributed by atoms with van der Waals surface area (Å²) in [5, 5.41) is 14.3. The average Bonchev–Trinajstić information content (AvgIpc) is 3.44. The van der Waals surface area contributed by atoms with Crippen molar-refractivity contribution in [3.05, 3.63) is 52.7 Å². The number of rotatable bonds is 7. The number of anilines is 1. The highest BCUT2D eigenvalue weighted by Gasteiger charge is 2.35. The van der Waals surface area contributed by atoms with Gasteiger partial charge in [-0.25, -0.2) is 13.1 Å². The number of aromatic nitrogens is 4. The minimum absolute atomic E-state index is 0.00554. The molecule has 1 saturated heterocycles. The van der Waals surface area contributed by atoms with Crippen molar-refractivity contribution in [1.29, 1.82) is 0 Å². The number of thioether (sulfide) groups is 1. The average molecular weight is 450 g/mol. The van der Waals surface area contributed by atoms with Gasteiger partial charge in [-0.2, -0.15) is 0 Å². The topological polar surface area (TPSA) is 98.1 Å². The number of para-hydroxylation sites is 1. The van der Waals surface area contributed by atoms with Crippen LogP contribution in [0, 0.1) is 0 Å². The Bertz CT molecular complexity index is 1070. The largest absolute Gasteiger partial charge is 0.308 e. The van der Waals surface area contributed by atoms with Gasteiger partial charge in [-0.1, -0.05) is 36.0 Å². The number of hydrogen-bond acceptors (Lipinski definition) is 8. The van der Waals surface area contributed by atoms with E-state index >= 15 is 0 Å². The lowest BCUT2D eigenvalue weighted by Gasteiger charge is -2.28. The Labute approximate surface area is 176 Å². The number of carbonyl (C=O) groups is 1. The van der Waals surface area contributed by atoms with Crippen LogP contribution < -0.4 is 4.90 Å². The fourth-order valence-electron chi connectivity index (χ4n) is 3.27.